The first-order chi connectivity index (χ1) is 9.16. The molecule has 0 fully saturated rings. The molecule has 0 unspecified atom stereocenters. The Hall–Kier alpha value is -2.16. The fourth-order valence-corrected chi connectivity index (χ4v) is 1.98. The minimum absolute atomic E-state index is 0.0354. The average Bonchev–Trinajstić information content (AvgIpc) is 2.40. The van der Waals surface area contributed by atoms with Crippen LogP contribution in [0, 0.1) is 0 Å². The van der Waals surface area contributed by atoms with Crippen molar-refractivity contribution in [2.75, 3.05) is 5.32 Å². The van der Waals surface area contributed by atoms with Crippen molar-refractivity contribution in [1.82, 2.24) is 4.98 Å². The lowest BCUT2D eigenvalue weighted by atomic mass is 10.0. The molecule has 3 heteroatoms. The van der Waals surface area contributed by atoms with Crippen molar-refractivity contribution < 1.29 is 4.79 Å². The highest BCUT2D eigenvalue weighted by molar-refractivity contribution is 5.92. The molecule has 0 spiro atoms. The van der Waals surface area contributed by atoms with Crippen LogP contribution in [-0.4, -0.2) is 10.9 Å². The van der Waals surface area contributed by atoms with E-state index in [2.05, 4.69) is 24.1 Å². The van der Waals surface area contributed by atoms with E-state index >= 15 is 0 Å². The molecule has 2 rings (SSSR count). The predicted octanol–water partition coefficient (Wildman–Crippen LogP) is 3.39. The highest BCUT2D eigenvalue weighted by Gasteiger charge is 2.09. The number of rotatable bonds is 4. The molecule has 98 valence electrons. The van der Waals surface area contributed by atoms with Crippen LogP contribution in [-0.2, 0) is 11.2 Å². The Morgan fingerprint density at radius 3 is 2.58 bits per heavy atom. The molecule has 1 aromatic carbocycles. The second-order valence-electron chi connectivity index (χ2n) is 4.79. The summed E-state index contributed by atoms with van der Waals surface area (Å²) in [6, 6.07) is 13.5. The summed E-state index contributed by atoms with van der Waals surface area (Å²) in [6.07, 6.45) is 2.00. The summed E-state index contributed by atoms with van der Waals surface area (Å²) in [5.41, 5.74) is 2.82. The summed E-state index contributed by atoms with van der Waals surface area (Å²) < 4.78 is 0. The Morgan fingerprint density at radius 2 is 1.89 bits per heavy atom. The minimum atomic E-state index is -0.0354. The molecule has 0 aliphatic rings. The molecule has 1 heterocycles. The first-order valence-electron chi connectivity index (χ1n) is 6.45. The van der Waals surface area contributed by atoms with Crippen LogP contribution in [0.5, 0.6) is 0 Å². The maximum absolute atomic E-state index is 12.0. The van der Waals surface area contributed by atoms with E-state index in [4.69, 9.17) is 0 Å². The highest BCUT2D eigenvalue weighted by atomic mass is 16.1. The number of aromatic nitrogens is 1. The molecule has 1 N–H and O–H groups in total. The summed E-state index contributed by atoms with van der Waals surface area (Å²) in [5, 5.41) is 2.96. The van der Waals surface area contributed by atoms with Crippen LogP contribution in [0.1, 0.15) is 31.0 Å². The molecular formula is C16H18N2O. The van der Waals surface area contributed by atoms with Gasteiger partial charge >= 0.3 is 0 Å². The van der Waals surface area contributed by atoms with Gasteiger partial charge in [0.25, 0.3) is 0 Å². The van der Waals surface area contributed by atoms with E-state index in [1.807, 2.05) is 42.5 Å². The average molecular weight is 254 g/mol. The lowest BCUT2D eigenvalue weighted by Crippen LogP contribution is -2.16. The summed E-state index contributed by atoms with van der Waals surface area (Å²) >= 11 is 0. The molecule has 0 atom stereocenters. The number of nitrogens with one attached hydrogen (secondary N) is 1. The maximum Gasteiger partial charge on any atom is 0.230 e. The van der Waals surface area contributed by atoms with Gasteiger partial charge in [-0.05, 0) is 29.7 Å². The van der Waals surface area contributed by atoms with Crippen molar-refractivity contribution in [3.63, 3.8) is 0 Å². The van der Waals surface area contributed by atoms with E-state index in [0.717, 1.165) is 16.9 Å². The number of amides is 1. The monoisotopic (exact) mass is 254 g/mol. The maximum atomic E-state index is 12.0. The van der Waals surface area contributed by atoms with E-state index in [0.29, 0.717) is 12.3 Å². The first-order valence-corrected chi connectivity index (χ1v) is 6.45. The predicted molar refractivity (Wildman–Crippen MR) is 77.1 cm³/mol. The fourth-order valence-electron chi connectivity index (χ4n) is 1.98. The van der Waals surface area contributed by atoms with E-state index < -0.39 is 0 Å². The number of para-hydroxylation sites is 1. The summed E-state index contributed by atoms with van der Waals surface area (Å²) in [4.78, 5) is 16.2. The van der Waals surface area contributed by atoms with E-state index in [1.165, 1.54) is 0 Å². The smallest absolute Gasteiger partial charge is 0.230 e. The normalized spacial score (nSPS) is 10.5. The van der Waals surface area contributed by atoms with Gasteiger partial charge in [-0.25, -0.2) is 0 Å². The van der Waals surface area contributed by atoms with Crippen LogP contribution >= 0.6 is 0 Å². The quantitative estimate of drug-likeness (QED) is 0.908. The molecule has 0 aliphatic carbocycles. The number of hydrogen-bond donors (Lipinski definition) is 1. The van der Waals surface area contributed by atoms with E-state index in [-0.39, 0.29) is 5.91 Å². The lowest BCUT2D eigenvalue weighted by Gasteiger charge is -2.13. The first kappa shape index (κ1) is 13.3. The van der Waals surface area contributed by atoms with Gasteiger partial charge in [0, 0.05) is 17.6 Å². The Morgan fingerprint density at radius 1 is 1.16 bits per heavy atom. The van der Waals surface area contributed by atoms with Crippen molar-refractivity contribution in [2.45, 2.75) is 26.2 Å². The molecule has 0 saturated heterocycles. The number of carbonyl (C=O) groups is 1. The van der Waals surface area contributed by atoms with Crippen molar-refractivity contribution in [2.24, 2.45) is 0 Å². The highest BCUT2D eigenvalue weighted by Crippen LogP contribution is 2.23. The molecule has 0 bridgehead atoms. The molecule has 0 radical (unpaired) electrons. The van der Waals surface area contributed by atoms with Gasteiger partial charge in [0.1, 0.15) is 0 Å². The molecule has 3 nitrogen and oxygen atoms in total. The largest absolute Gasteiger partial charge is 0.325 e. The molecule has 1 aromatic heterocycles. The van der Waals surface area contributed by atoms with Gasteiger partial charge in [-0.3, -0.25) is 9.78 Å². The minimum Gasteiger partial charge on any atom is -0.325 e. The van der Waals surface area contributed by atoms with Gasteiger partial charge in [-0.1, -0.05) is 38.1 Å². The topological polar surface area (TPSA) is 42.0 Å². The SMILES string of the molecule is CC(C)c1ccccc1NC(=O)Cc1ccccn1. The van der Waals surface area contributed by atoms with Gasteiger partial charge in [0.05, 0.1) is 6.42 Å². The van der Waals surface area contributed by atoms with Crippen molar-refractivity contribution in [3.05, 3.63) is 59.9 Å². The molecule has 19 heavy (non-hydrogen) atoms. The van der Waals surface area contributed by atoms with Crippen LogP contribution in [0.25, 0.3) is 0 Å². The lowest BCUT2D eigenvalue weighted by molar-refractivity contribution is -0.115. The molecule has 2 aromatic rings. The Labute approximate surface area is 113 Å². The zero-order chi connectivity index (χ0) is 13.7. The second-order valence-corrected chi connectivity index (χ2v) is 4.79. The molecule has 0 saturated carbocycles. The molecule has 0 aliphatic heterocycles. The van der Waals surface area contributed by atoms with Gasteiger partial charge in [-0.15, -0.1) is 0 Å². The Kier molecular flexibility index (Phi) is 4.29. The third-order valence-corrected chi connectivity index (χ3v) is 2.92. The van der Waals surface area contributed by atoms with Crippen LogP contribution < -0.4 is 5.32 Å². The number of anilines is 1. The van der Waals surface area contributed by atoms with Gasteiger partial charge in [0.2, 0.25) is 5.91 Å². The summed E-state index contributed by atoms with van der Waals surface area (Å²) in [6.45, 7) is 4.23. The van der Waals surface area contributed by atoms with Gasteiger partial charge < -0.3 is 5.32 Å². The second kappa shape index (κ2) is 6.14. The summed E-state index contributed by atoms with van der Waals surface area (Å²) in [7, 11) is 0. The standard InChI is InChI=1S/C16H18N2O/c1-12(2)14-8-3-4-9-15(14)18-16(19)11-13-7-5-6-10-17-13/h3-10,12H,11H2,1-2H3,(H,18,19). The van der Waals surface area contributed by atoms with Crippen LogP contribution in [0.4, 0.5) is 5.69 Å². The number of carbonyl (C=O) groups excluding carboxylic acids is 1. The molecule has 1 amide bonds. The van der Waals surface area contributed by atoms with Crippen molar-refractivity contribution >= 4 is 11.6 Å². The number of pyridine rings is 1. The summed E-state index contributed by atoms with van der Waals surface area (Å²) in [5.74, 6) is 0.346. The van der Waals surface area contributed by atoms with Crippen LogP contribution in [0.3, 0.4) is 0 Å². The van der Waals surface area contributed by atoms with E-state index in [1.54, 1.807) is 6.20 Å². The fraction of sp³-hybridized carbons (Fsp3) is 0.250. The Bertz CT molecular complexity index is 550. The number of benzene rings is 1. The van der Waals surface area contributed by atoms with Gasteiger partial charge in [-0.2, -0.15) is 0 Å². The van der Waals surface area contributed by atoms with Crippen molar-refractivity contribution in [1.29, 1.82) is 0 Å². The van der Waals surface area contributed by atoms with Gasteiger partial charge in [0.15, 0.2) is 0 Å². The third-order valence-electron chi connectivity index (χ3n) is 2.92. The zero-order valence-electron chi connectivity index (χ0n) is 11.3. The van der Waals surface area contributed by atoms with Crippen LogP contribution in [0.15, 0.2) is 48.7 Å². The van der Waals surface area contributed by atoms with Crippen molar-refractivity contribution in [3.8, 4) is 0 Å². The zero-order valence-corrected chi connectivity index (χ0v) is 11.3. The molecular weight excluding hydrogens is 236 g/mol. The van der Waals surface area contributed by atoms with E-state index in [9.17, 15) is 4.79 Å². The number of nitrogens with zero attached hydrogens (tertiary/aromatic N) is 1. The Balaban J connectivity index is 2.07. The third kappa shape index (κ3) is 3.65. The van der Waals surface area contributed by atoms with Crippen LogP contribution in [0.2, 0.25) is 0 Å². The number of hydrogen-bond acceptors (Lipinski definition) is 2.